The van der Waals surface area contributed by atoms with Crippen molar-refractivity contribution in [1.82, 2.24) is 4.72 Å². The van der Waals surface area contributed by atoms with E-state index in [1.54, 1.807) is 27.8 Å². The second-order valence-corrected chi connectivity index (χ2v) is 6.67. The van der Waals surface area contributed by atoms with E-state index >= 15 is 0 Å². The molecule has 6 heteroatoms. The zero-order chi connectivity index (χ0) is 12.1. The number of nitrogens with one attached hydrogen (secondary N) is 1. The summed E-state index contributed by atoms with van der Waals surface area (Å²) in [6.07, 6.45) is 0. The first-order chi connectivity index (χ1) is 7.27. The monoisotopic (exact) mass is 241 g/mol. The van der Waals surface area contributed by atoms with Crippen molar-refractivity contribution in [2.75, 3.05) is 0 Å². The van der Waals surface area contributed by atoms with Crippen LogP contribution in [0.3, 0.4) is 0 Å². The number of aliphatic hydroxyl groups excluding tert-OH is 1. The molecule has 0 radical (unpaired) electrons. The third kappa shape index (κ3) is 1.49. The fourth-order valence-corrected chi connectivity index (χ4v) is 4.20. The maximum absolute atomic E-state index is 13.6. The Kier molecular flexibility index (Phi) is 2.42. The first kappa shape index (κ1) is 11.6. The summed E-state index contributed by atoms with van der Waals surface area (Å²) in [7, 11) is -1.20. The number of halogens is 1. The van der Waals surface area contributed by atoms with Crippen molar-refractivity contribution in [3.8, 4) is 0 Å². The van der Waals surface area contributed by atoms with E-state index in [1.807, 2.05) is 0 Å². The molecule has 2 N–H and O–H groups in total. The Morgan fingerprint density at radius 1 is 1.50 bits per heavy atom. The van der Waals surface area contributed by atoms with E-state index < -0.39 is 21.1 Å². The van der Waals surface area contributed by atoms with Crippen LogP contribution < -0.4 is 10.2 Å². The van der Waals surface area contributed by atoms with Crippen LogP contribution in [0.5, 0.6) is 0 Å². The van der Waals surface area contributed by atoms with E-state index in [4.69, 9.17) is 0 Å². The van der Waals surface area contributed by atoms with Gasteiger partial charge in [0.15, 0.2) is 0 Å². The van der Waals surface area contributed by atoms with E-state index in [-0.39, 0.29) is 9.95 Å². The lowest BCUT2D eigenvalue weighted by Gasteiger charge is -2.39. The van der Waals surface area contributed by atoms with Gasteiger partial charge in [-0.2, -0.15) is 0 Å². The van der Waals surface area contributed by atoms with Gasteiger partial charge in [-0.25, -0.2) is 13.3 Å². The van der Waals surface area contributed by atoms with Gasteiger partial charge in [0.1, 0.15) is 18.7 Å². The summed E-state index contributed by atoms with van der Waals surface area (Å²) in [5.41, 5.74) is 0.0383. The van der Waals surface area contributed by atoms with Gasteiger partial charge in [0.05, 0.1) is 20.1 Å². The molecule has 0 aliphatic carbocycles. The molecule has 3 nitrogen and oxygen atoms in total. The van der Waals surface area contributed by atoms with Gasteiger partial charge in [-0.3, -0.25) is 0 Å². The molecule has 1 aliphatic rings. The van der Waals surface area contributed by atoms with Crippen molar-refractivity contribution < 1.29 is 13.7 Å². The summed E-state index contributed by atoms with van der Waals surface area (Å²) in [5, 5.41) is 9.56. The normalized spacial score (nSPS) is 27.6. The van der Waals surface area contributed by atoms with Gasteiger partial charge in [0.2, 0.25) is 0 Å². The molecule has 2 rings (SSSR count). The summed E-state index contributed by atoms with van der Waals surface area (Å²) in [5.74, 6) is -0.556. The first-order valence-corrected chi connectivity index (χ1v) is 6.49. The zero-order valence-corrected chi connectivity index (χ0v) is 10.2. The van der Waals surface area contributed by atoms with E-state index in [2.05, 4.69) is 4.72 Å². The lowest BCUT2D eigenvalue weighted by Crippen LogP contribution is -2.63. The van der Waals surface area contributed by atoms with Crippen LogP contribution in [0.25, 0.3) is 0 Å². The molecule has 1 atom stereocenters. The molecule has 0 bridgehead atoms. The lowest BCUT2D eigenvalue weighted by molar-refractivity contribution is 0.442. The van der Waals surface area contributed by atoms with Crippen LogP contribution in [-0.4, -0.2) is 27.8 Å². The van der Waals surface area contributed by atoms with E-state index in [0.29, 0.717) is 0 Å². The van der Waals surface area contributed by atoms with E-state index in [1.165, 1.54) is 12.1 Å². The Hall–Kier alpha value is -0.845. The van der Waals surface area contributed by atoms with Crippen molar-refractivity contribution in [3.63, 3.8) is 0 Å². The van der Waals surface area contributed by atoms with Crippen molar-refractivity contribution >= 4 is 28.1 Å². The molecule has 86 valence electrons. The van der Waals surface area contributed by atoms with Crippen LogP contribution >= 0.6 is 0 Å². The number of benzene rings is 1. The number of rotatable bonds is 1. The van der Waals surface area contributed by atoms with Gasteiger partial charge < -0.3 is 5.11 Å². The topological polar surface area (TPSA) is 49.3 Å². The Morgan fingerprint density at radius 3 is 2.56 bits per heavy atom. The second kappa shape index (κ2) is 3.32. The molecule has 0 aromatic heterocycles. The smallest absolute Gasteiger partial charge is 0.140 e. The molecule has 1 unspecified atom stereocenters. The largest absolute Gasteiger partial charge is 0.354 e. The molecular formula is C10H13BFNO2S. The number of hydrogen-bond acceptors (Lipinski definition) is 1. The fraction of sp³-hybridized carbons (Fsp3) is 0.300. The average molecular weight is 241 g/mol. The average Bonchev–Trinajstić information content (AvgIpc) is 2.16. The molecule has 1 aromatic rings. The van der Waals surface area contributed by atoms with Gasteiger partial charge in [-0.1, -0.05) is 11.5 Å². The van der Waals surface area contributed by atoms with Crippen molar-refractivity contribution in [3.05, 3.63) is 24.0 Å². The standard InChI is InChI=1S/C10H13BFNO2S/c1-10(2)9(14)16(15,13-10)8-4-3-6(11)5-7(8)12/h3-5,14H,11H2,1-2H3,(H,13,15). The minimum absolute atomic E-state index is 0.0231. The summed E-state index contributed by atoms with van der Waals surface area (Å²) in [6.45, 7) is 3.38. The molecule has 1 aromatic carbocycles. The minimum Gasteiger partial charge on any atom is -0.354 e. The van der Waals surface area contributed by atoms with Gasteiger partial charge in [-0.15, -0.1) is 0 Å². The molecule has 0 spiro atoms. The number of aliphatic hydroxyl groups is 1. The predicted molar refractivity (Wildman–Crippen MR) is 65.8 cm³/mol. The van der Waals surface area contributed by atoms with Crippen LogP contribution in [-0.2, 0) is 9.71 Å². The Balaban J connectivity index is 2.65. The molecule has 0 saturated heterocycles. The molecule has 0 amide bonds. The van der Waals surface area contributed by atoms with Crippen LogP contribution in [0.2, 0.25) is 0 Å². The predicted octanol–water partition coefficient (Wildman–Crippen LogP) is -0.288. The van der Waals surface area contributed by atoms with Gasteiger partial charge in [0, 0.05) is 0 Å². The molecule has 1 heterocycles. The summed E-state index contributed by atoms with van der Waals surface area (Å²) < 4.78 is 28.7. The molecule has 0 fully saturated rings. The third-order valence-electron chi connectivity index (χ3n) is 2.60. The highest BCUT2D eigenvalue weighted by Gasteiger charge is 2.43. The van der Waals surface area contributed by atoms with Crippen molar-refractivity contribution in [2.45, 2.75) is 24.3 Å². The quantitative estimate of drug-likeness (QED) is 0.524. The highest BCUT2D eigenvalue weighted by molar-refractivity contribution is 8.02. The van der Waals surface area contributed by atoms with Crippen LogP contribution in [0.15, 0.2) is 23.1 Å². The van der Waals surface area contributed by atoms with Crippen LogP contribution in [0.1, 0.15) is 13.8 Å². The summed E-state index contributed by atoms with van der Waals surface area (Å²) >= 11 is 0. The van der Waals surface area contributed by atoms with Gasteiger partial charge in [0.25, 0.3) is 0 Å². The summed E-state index contributed by atoms with van der Waals surface area (Å²) in [6, 6.07) is 4.43. The second-order valence-electron chi connectivity index (χ2n) is 4.52. The van der Waals surface area contributed by atoms with Crippen molar-refractivity contribution in [2.24, 2.45) is 0 Å². The van der Waals surface area contributed by atoms with E-state index in [0.717, 1.165) is 5.46 Å². The summed E-state index contributed by atoms with van der Waals surface area (Å²) in [4.78, 5) is 0.0231. The SMILES string of the molecule is Bc1ccc(S2(=O)=C(O)C(C)(C)N2)c(F)c1. The maximum Gasteiger partial charge on any atom is 0.140 e. The van der Waals surface area contributed by atoms with Gasteiger partial charge in [-0.05, 0) is 26.0 Å². The Labute approximate surface area is 95.2 Å². The van der Waals surface area contributed by atoms with Crippen molar-refractivity contribution in [1.29, 1.82) is 0 Å². The Bertz CT molecular complexity index is 576. The molecule has 16 heavy (non-hydrogen) atoms. The van der Waals surface area contributed by atoms with Crippen LogP contribution in [0, 0.1) is 5.82 Å². The van der Waals surface area contributed by atoms with E-state index in [9.17, 15) is 13.7 Å². The molecular weight excluding hydrogens is 228 g/mol. The highest BCUT2D eigenvalue weighted by atomic mass is 32.2. The molecule has 0 saturated carbocycles. The van der Waals surface area contributed by atoms with Crippen LogP contribution in [0.4, 0.5) is 4.39 Å². The number of hydrogen-bond donors (Lipinski definition) is 2. The third-order valence-corrected chi connectivity index (χ3v) is 5.41. The fourth-order valence-electron chi connectivity index (χ4n) is 1.76. The Morgan fingerprint density at radius 2 is 2.12 bits per heavy atom. The first-order valence-electron chi connectivity index (χ1n) is 4.93. The van der Waals surface area contributed by atoms with Gasteiger partial charge >= 0.3 is 0 Å². The molecule has 1 aliphatic heterocycles. The maximum atomic E-state index is 13.6. The zero-order valence-electron chi connectivity index (χ0n) is 9.37. The minimum atomic E-state index is -2.95. The lowest BCUT2D eigenvalue weighted by atomic mass is 9.97. The highest BCUT2D eigenvalue weighted by Crippen LogP contribution is 2.27.